The molecule has 1 atom stereocenters. The van der Waals surface area contributed by atoms with E-state index in [1.165, 1.54) is 0 Å². The molecule has 1 N–H and O–H groups in total. The van der Waals surface area contributed by atoms with Gasteiger partial charge in [0.05, 0.1) is 18.6 Å². The van der Waals surface area contributed by atoms with E-state index in [9.17, 15) is 9.18 Å². The van der Waals surface area contributed by atoms with Crippen molar-refractivity contribution in [3.8, 4) is 0 Å². The van der Waals surface area contributed by atoms with Crippen LogP contribution in [0.5, 0.6) is 0 Å². The van der Waals surface area contributed by atoms with E-state index >= 15 is 0 Å². The van der Waals surface area contributed by atoms with Gasteiger partial charge in [0, 0.05) is 25.7 Å². The van der Waals surface area contributed by atoms with Crippen molar-refractivity contribution in [1.29, 1.82) is 0 Å². The van der Waals surface area contributed by atoms with Crippen molar-refractivity contribution in [2.45, 2.75) is 18.9 Å². The molecule has 0 spiro atoms. The molecule has 4 nitrogen and oxygen atoms in total. The number of halogens is 1. The highest BCUT2D eigenvalue weighted by Gasteiger charge is 2.21. The summed E-state index contributed by atoms with van der Waals surface area (Å²) in [6.45, 7) is 2.54. The highest BCUT2D eigenvalue weighted by atomic mass is 19.1. The second-order valence-electron chi connectivity index (χ2n) is 4.56. The van der Waals surface area contributed by atoms with Gasteiger partial charge in [0.15, 0.2) is 6.29 Å². The summed E-state index contributed by atoms with van der Waals surface area (Å²) >= 11 is 0. The lowest BCUT2D eigenvalue weighted by Crippen LogP contribution is -2.27. The first-order chi connectivity index (χ1) is 8.81. The SMILES string of the molecule is O=Cc1ccc(N[C@H]2CCN(CCCF)C2)cn1. The number of carbonyl (C=O) groups excluding carboxylic acids is 1. The molecule has 2 rings (SSSR count). The van der Waals surface area contributed by atoms with Gasteiger partial charge in [-0.05, 0) is 25.0 Å². The number of aldehydes is 1. The van der Waals surface area contributed by atoms with E-state index in [1.54, 1.807) is 12.3 Å². The maximum absolute atomic E-state index is 12.1. The summed E-state index contributed by atoms with van der Waals surface area (Å²) in [5.74, 6) is 0. The van der Waals surface area contributed by atoms with Gasteiger partial charge in [-0.15, -0.1) is 0 Å². The number of aromatic nitrogens is 1. The maximum Gasteiger partial charge on any atom is 0.168 e. The Bertz CT molecular complexity index is 382. The highest BCUT2D eigenvalue weighted by Crippen LogP contribution is 2.15. The third-order valence-corrected chi connectivity index (χ3v) is 3.16. The topological polar surface area (TPSA) is 45.2 Å². The average Bonchev–Trinajstić information content (AvgIpc) is 2.85. The summed E-state index contributed by atoms with van der Waals surface area (Å²) in [5.41, 5.74) is 1.37. The summed E-state index contributed by atoms with van der Waals surface area (Å²) in [5, 5.41) is 3.38. The first-order valence-corrected chi connectivity index (χ1v) is 6.28. The number of alkyl halides is 1. The molecule has 1 saturated heterocycles. The van der Waals surface area contributed by atoms with Crippen LogP contribution in [0.4, 0.5) is 10.1 Å². The Balaban J connectivity index is 1.81. The van der Waals surface area contributed by atoms with Crippen molar-refractivity contribution >= 4 is 12.0 Å². The lowest BCUT2D eigenvalue weighted by Gasteiger charge is -2.16. The van der Waals surface area contributed by atoms with Crippen LogP contribution < -0.4 is 5.32 Å². The molecular weight excluding hydrogens is 233 g/mol. The number of likely N-dealkylation sites (tertiary alicyclic amines) is 1. The van der Waals surface area contributed by atoms with E-state index < -0.39 is 0 Å². The summed E-state index contributed by atoms with van der Waals surface area (Å²) in [6.07, 6.45) is 4.08. The van der Waals surface area contributed by atoms with Crippen LogP contribution in [0.15, 0.2) is 18.3 Å². The normalized spacial score (nSPS) is 19.9. The molecule has 1 aromatic rings. The Morgan fingerprint density at radius 2 is 2.44 bits per heavy atom. The zero-order valence-electron chi connectivity index (χ0n) is 10.3. The van der Waals surface area contributed by atoms with Crippen LogP contribution in [-0.4, -0.2) is 48.5 Å². The van der Waals surface area contributed by atoms with E-state index in [0.29, 0.717) is 18.2 Å². The van der Waals surface area contributed by atoms with Gasteiger partial charge < -0.3 is 10.2 Å². The van der Waals surface area contributed by atoms with Gasteiger partial charge in [-0.2, -0.15) is 0 Å². The quantitative estimate of drug-likeness (QED) is 0.782. The van der Waals surface area contributed by atoms with E-state index in [1.807, 2.05) is 6.07 Å². The Hall–Kier alpha value is -1.49. The van der Waals surface area contributed by atoms with E-state index in [2.05, 4.69) is 15.2 Å². The van der Waals surface area contributed by atoms with Gasteiger partial charge in [-0.25, -0.2) is 0 Å². The Kier molecular flexibility index (Phi) is 4.64. The molecule has 0 saturated carbocycles. The second kappa shape index (κ2) is 6.44. The van der Waals surface area contributed by atoms with Crippen LogP contribution >= 0.6 is 0 Å². The van der Waals surface area contributed by atoms with Crippen molar-refractivity contribution in [2.24, 2.45) is 0 Å². The third-order valence-electron chi connectivity index (χ3n) is 3.16. The summed E-state index contributed by atoms with van der Waals surface area (Å²) in [4.78, 5) is 16.8. The molecule has 0 radical (unpaired) electrons. The predicted octanol–water partition coefficient (Wildman–Crippen LogP) is 1.74. The number of pyridine rings is 1. The molecule has 98 valence electrons. The van der Waals surface area contributed by atoms with Gasteiger partial charge in [-0.3, -0.25) is 14.2 Å². The first-order valence-electron chi connectivity index (χ1n) is 6.28. The molecule has 0 aromatic carbocycles. The van der Waals surface area contributed by atoms with Gasteiger partial charge in [-0.1, -0.05) is 0 Å². The number of nitrogens with zero attached hydrogens (tertiary/aromatic N) is 2. The fourth-order valence-corrected chi connectivity index (χ4v) is 2.23. The van der Waals surface area contributed by atoms with Gasteiger partial charge in [0.2, 0.25) is 0 Å². The number of nitrogens with one attached hydrogen (secondary N) is 1. The molecule has 1 aliphatic heterocycles. The zero-order chi connectivity index (χ0) is 12.8. The molecule has 1 fully saturated rings. The van der Waals surface area contributed by atoms with Crippen molar-refractivity contribution in [2.75, 3.05) is 31.6 Å². The lowest BCUT2D eigenvalue weighted by molar-refractivity contribution is 0.111. The van der Waals surface area contributed by atoms with E-state index in [-0.39, 0.29) is 6.67 Å². The molecule has 1 aromatic heterocycles. The molecular formula is C13H18FN3O. The largest absolute Gasteiger partial charge is 0.380 e. The summed E-state index contributed by atoms with van der Waals surface area (Å²) in [6, 6.07) is 3.94. The summed E-state index contributed by atoms with van der Waals surface area (Å²) in [7, 11) is 0. The van der Waals surface area contributed by atoms with Crippen LogP contribution in [0.2, 0.25) is 0 Å². The van der Waals surface area contributed by atoms with Gasteiger partial charge in [0.25, 0.3) is 0 Å². The predicted molar refractivity (Wildman–Crippen MR) is 68.7 cm³/mol. The van der Waals surface area contributed by atoms with Crippen molar-refractivity contribution in [1.82, 2.24) is 9.88 Å². The number of hydrogen-bond donors (Lipinski definition) is 1. The Morgan fingerprint density at radius 3 is 3.11 bits per heavy atom. The molecule has 1 aliphatic rings. The van der Waals surface area contributed by atoms with Crippen LogP contribution in [0.25, 0.3) is 0 Å². The van der Waals surface area contributed by atoms with Crippen LogP contribution in [0, 0.1) is 0 Å². The fraction of sp³-hybridized carbons (Fsp3) is 0.538. The number of carbonyl (C=O) groups is 1. The molecule has 0 bridgehead atoms. The average molecular weight is 251 g/mol. The minimum atomic E-state index is -0.244. The maximum atomic E-state index is 12.1. The van der Waals surface area contributed by atoms with Crippen LogP contribution in [0.1, 0.15) is 23.3 Å². The van der Waals surface area contributed by atoms with E-state index in [0.717, 1.165) is 38.0 Å². The molecule has 0 amide bonds. The fourth-order valence-electron chi connectivity index (χ4n) is 2.23. The minimum absolute atomic E-state index is 0.244. The Labute approximate surface area is 106 Å². The molecule has 18 heavy (non-hydrogen) atoms. The van der Waals surface area contributed by atoms with Gasteiger partial charge in [0.1, 0.15) is 5.69 Å². The molecule has 5 heteroatoms. The molecule has 2 heterocycles. The number of rotatable bonds is 6. The van der Waals surface area contributed by atoms with Gasteiger partial charge >= 0.3 is 0 Å². The van der Waals surface area contributed by atoms with Crippen LogP contribution in [-0.2, 0) is 0 Å². The first kappa shape index (κ1) is 13.0. The van der Waals surface area contributed by atoms with Crippen molar-refractivity contribution in [3.63, 3.8) is 0 Å². The van der Waals surface area contributed by atoms with E-state index in [4.69, 9.17) is 0 Å². The zero-order valence-corrected chi connectivity index (χ0v) is 10.3. The number of anilines is 1. The number of hydrogen-bond acceptors (Lipinski definition) is 4. The lowest BCUT2D eigenvalue weighted by atomic mass is 10.2. The standard InChI is InChI=1S/C13H18FN3O/c14-5-1-6-17-7-4-12(9-17)16-11-2-3-13(10-18)15-8-11/h2-3,8,10,12,16H,1,4-7,9H2/t12-/m0/s1. The molecule has 0 unspecified atom stereocenters. The summed E-state index contributed by atoms with van der Waals surface area (Å²) < 4.78 is 12.1. The monoisotopic (exact) mass is 251 g/mol. The Morgan fingerprint density at radius 1 is 1.56 bits per heavy atom. The molecule has 0 aliphatic carbocycles. The highest BCUT2D eigenvalue weighted by molar-refractivity contribution is 5.72. The minimum Gasteiger partial charge on any atom is -0.380 e. The van der Waals surface area contributed by atoms with Crippen molar-refractivity contribution in [3.05, 3.63) is 24.0 Å². The van der Waals surface area contributed by atoms with Crippen molar-refractivity contribution < 1.29 is 9.18 Å². The second-order valence-corrected chi connectivity index (χ2v) is 4.56. The van der Waals surface area contributed by atoms with Crippen LogP contribution in [0.3, 0.4) is 0 Å². The smallest absolute Gasteiger partial charge is 0.168 e. The third kappa shape index (κ3) is 3.50.